The Bertz CT molecular complexity index is 357. The van der Waals surface area contributed by atoms with Gasteiger partial charge >= 0.3 is 0 Å². The van der Waals surface area contributed by atoms with E-state index in [0.717, 1.165) is 12.4 Å². The average Bonchev–Trinajstić information content (AvgIpc) is 2.64. The molecule has 1 aromatic heterocycles. The van der Waals surface area contributed by atoms with E-state index < -0.39 is 5.41 Å². The molecule has 0 fully saturated rings. The zero-order chi connectivity index (χ0) is 12.2. The second-order valence-electron chi connectivity index (χ2n) is 4.51. The molecular weight excluding hydrogens is 204 g/mol. The van der Waals surface area contributed by atoms with Gasteiger partial charge in [0.2, 0.25) is 5.91 Å². The molecule has 90 valence electrons. The minimum atomic E-state index is -0.496. The van der Waals surface area contributed by atoms with Crippen molar-refractivity contribution in [3.05, 3.63) is 18.2 Å². The third kappa shape index (κ3) is 3.06. The van der Waals surface area contributed by atoms with Crippen molar-refractivity contribution in [2.45, 2.75) is 27.3 Å². The van der Waals surface area contributed by atoms with Gasteiger partial charge in [-0.15, -0.1) is 0 Å². The Kier molecular flexibility index (Phi) is 4.06. The molecule has 1 rings (SSSR count). The van der Waals surface area contributed by atoms with E-state index in [1.165, 1.54) is 0 Å². The summed E-state index contributed by atoms with van der Waals surface area (Å²) in [6.45, 7) is 7.29. The maximum atomic E-state index is 11.7. The van der Waals surface area contributed by atoms with E-state index in [-0.39, 0.29) is 5.91 Å². The first kappa shape index (κ1) is 12.7. The van der Waals surface area contributed by atoms with Crippen molar-refractivity contribution in [1.82, 2.24) is 14.9 Å². The highest BCUT2D eigenvalue weighted by molar-refractivity contribution is 5.81. The number of carbonyl (C=O) groups excluding carboxylic acids is 1. The second-order valence-corrected chi connectivity index (χ2v) is 4.51. The van der Waals surface area contributed by atoms with Crippen LogP contribution < -0.4 is 11.1 Å². The van der Waals surface area contributed by atoms with Crippen molar-refractivity contribution in [2.75, 3.05) is 13.1 Å². The summed E-state index contributed by atoms with van der Waals surface area (Å²) in [6.07, 6.45) is 3.65. The van der Waals surface area contributed by atoms with Gasteiger partial charge in [0.15, 0.2) is 0 Å². The first-order chi connectivity index (χ1) is 7.47. The van der Waals surface area contributed by atoms with Gasteiger partial charge in [-0.2, -0.15) is 0 Å². The van der Waals surface area contributed by atoms with Crippen LogP contribution in [-0.4, -0.2) is 28.5 Å². The van der Waals surface area contributed by atoms with Crippen LogP contribution in [0.2, 0.25) is 0 Å². The second kappa shape index (κ2) is 5.12. The summed E-state index contributed by atoms with van der Waals surface area (Å²) >= 11 is 0. The Labute approximate surface area is 96.0 Å². The summed E-state index contributed by atoms with van der Waals surface area (Å²) in [5, 5.41) is 2.87. The molecule has 0 aliphatic carbocycles. The SMILES string of the molecule is Cc1nccn1CCNC(=O)C(C)(C)CN. The highest BCUT2D eigenvalue weighted by Crippen LogP contribution is 2.11. The number of nitrogens with zero attached hydrogens (tertiary/aromatic N) is 2. The fraction of sp³-hybridized carbons (Fsp3) is 0.636. The number of hydrogen-bond donors (Lipinski definition) is 2. The number of imidazole rings is 1. The highest BCUT2D eigenvalue weighted by atomic mass is 16.2. The maximum absolute atomic E-state index is 11.7. The molecule has 0 atom stereocenters. The standard InChI is InChI=1S/C11H20N4O/c1-9-13-4-6-15(9)7-5-14-10(16)11(2,3)8-12/h4,6H,5,7-8,12H2,1-3H3,(H,14,16). The monoisotopic (exact) mass is 224 g/mol. The van der Waals surface area contributed by atoms with Crippen molar-refractivity contribution in [2.24, 2.45) is 11.1 Å². The molecule has 1 amide bonds. The summed E-state index contributed by atoms with van der Waals surface area (Å²) in [7, 11) is 0. The van der Waals surface area contributed by atoms with Crippen molar-refractivity contribution in [3.8, 4) is 0 Å². The predicted octanol–water partition coefficient (Wildman–Crippen LogP) is 0.293. The van der Waals surface area contributed by atoms with Gasteiger partial charge in [0, 0.05) is 32.0 Å². The van der Waals surface area contributed by atoms with Gasteiger partial charge in [-0.1, -0.05) is 0 Å². The minimum absolute atomic E-state index is 0.00670. The summed E-state index contributed by atoms with van der Waals surface area (Å²) in [6, 6.07) is 0. The van der Waals surface area contributed by atoms with Crippen molar-refractivity contribution in [1.29, 1.82) is 0 Å². The van der Waals surface area contributed by atoms with E-state index in [9.17, 15) is 4.79 Å². The molecule has 5 heteroatoms. The van der Waals surface area contributed by atoms with Crippen LogP contribution in [0.25, 0.3) is 0 Å². The zero-order valence-corrected chi connectivity index (χ0v) is 10.2. The summed E-state index contributed by atoms with van der Waals surface area (Å²) < 4.78 is 2.00. The number of rotatable bonds is 5. The molecule has 5 nitrogen and oxygen atoms in total. The number of amides is 1. The molecule has 1 aromatic rings. The molecule has 16 heavy (non-hydrogen) atoms. The third-order valence-corrected chi connectivity index (χ3v) is 2.69. The van der Waals surface area contributed by atoms with Crippen LogP contribution in [0.1, 0.15) is 19.7 Å². The quantitative estimate of drug-likeness (QED) is 0.755. The van der Waals surface area contributed by atoms with Gasteiger partial charge in [0.05, 0.1) is 5.41 Å². The fourth-order valence-corrected chi connectivity index (χ4v) is 1.26. The van der Waals surface area contributed by atoms with Crippen LogP contribution in [-0.2, 0) is 11.3 Å². The van der Waals surface area contributed by atoms with Crippen molar-refractivity contribution < 1.29 is 4.79 Å². The normalized spacial score (nSPS) is 11.5. The molecule has 0 unspecified atom stereocenters. The number of carbonyl (C=O) groups is 1. The summed E-state index contributed by atoms with van der Waals surface area (Å²) in [5.41, 5.74) is 5.03. The molecule has 0 radical (unpaired) electrons. The molecule has 0 aliphatic rings. The van der Waals surface area contributed by atoms with E-state index in [0.29, 0.717) is 13.1 Å². The number of hydrogen-bond acceptors (Lipinski definition) is 3. The van der Waals surface area contributed by atoms with Gasteiger partial charge < -0.3 is 15.6 Å². The highest BCUT2D eigenvalue weighted by Gasteiger charge is 2.24. The van der Waals surface area contributed by atoms with Gasteiger partial charge in [-0.25, -0.2) is 4.98 Å². The molecule has 0 saturated carbocycles. The van der Waals surface area contributed by atoms with Gasteiger partial charge in [0.1, 0.15) is 5.82 Å². The van der Waals surface area contributed by atoms with E-state index >= 15 is 0 Å². The first-order valence-corrected chi connectivity index (χ1v) is 5.43. The van der Waals surface area contributed by atoms with E-state index in [1.54, 1.807) is 6.20 Å². The number of nitrogens with one attached hydrogen (secondary N) is 1. The Morgan fingerprint density at radius 1 is 1.62 bits per heavy atom. The molecular formula is C11H20N4O. The number of aromatic nitrogens is 2. The number of aryl methyl sites for hydroxylation is 1. The topological polar surface area (TPSA) is 72.9 Å². The van der Waals surface area contributed by atoms with Gasteiger partial charge in [-0.3, -0.25) is 4.79 Å². The maximum Gasteiger partial charge on any atom is 0.226 e. The van der Waals surface area contributed by atoms with Crippen LogP contribution in [0.4, 0.5) is 0 Å². The lowest BCUT2D eigenvalue weighted by atomic mass is 9.93. The fourth-order valence-electron chi connectivity index (χ4n) is 1.26. The minimum Gasteiger partial charge on any atom is -0.354 e. The first-order valence-electron chi connectivity index (χ1n) is 5.43. The zero-order valence-electron chi connectivity index (χ0n) is 10.2. The molecule has 0 aromatic carbocycles. The Morgan fingerprint density at radius 2 is 2.31 bits per heavy atom. The lowest BCUT2D eigenvalue weighted by Crippen LogP contribution is -2.42. The molecule has 3 N–H and O–H groups in total. The van der Waals surface area contributed by atoms with Crippen molar-refractivity contribution >= 4 is 5.91 Å². The third-order valence-electron chi connectivity index (χ3n) is 2.69. The molecule has 0 aliphatic heterocycles. The molecule has 1 heterocycles. The lowest BCUT2D eigenvalue weighted by Gasteiger charge is -2.21. The van der Waals surface area contributed by atoms with Gasteiger partial charge in [-0.05, 0) is 20.8 Å². The Balaban J connectivity index is 2.37. The molecule has 0 bridgehead atoms. The van der Waals surface area contributed by atoms with Crippen LogP contribution in [0.3, 0.4) is 0 Å². The van der Waals surface area contributed by atoms with Crippen LogP contribution >= 0.6 is 0 Å². The van der Waals surface area contributed by atoms with Crippen LogP contribution in [0.15, 0.2) is 12.4 Å². The summed E-state index contributed by atoms with van der Waals surface area (Å²) in [4.78, 5) is 15.8. The number of nitrogens with two attached hydrogens (primary N) is 1. The largest absolute Gasteiger partial charge is 0.354 e. The van der Waals surface area contributed by atoms with Crippen LogP contribution in [0, 0.1) is 12.3 Å². The Morgan fingerprint density at radius 3 is 2.81 bits per heavy atom. The van der Waals surface area contributed by atoms with Crippen molar-refractivity contribution in [3.63, 3.8) is 0 Å². The average molecular weight is 224 g/mol. The Hall–Kier alpha value is -1.36. The van der Waals surface area contributed by atoms with Gasteiger partial charge in [0.25, 0.3) is 0 Å². The predicted molar refractivity (Wildman–Crippen MR) is 62.8 cm³/mol. The molecule has 0 spiro atoms. The van der Waals surface area contributed by atoms with E-state index in [2.05, 4.69) is 10.3 Å². The van der Waals surface area contributed by atoms with Crippen LogP contribution in [0.5, 0.6) is 0 Å². The molecule has 0 saturated heterocycles. The lowest BCUT2D eigenvalue weighted by molar-refractivity contribution is -0.128. The van der Waals surface area contributed by atoms with E-state index in [1.807, 2.05) is 31.5 Å². The summed E-state index contributed by atoms with van der Waals surface area (Å²) in [5.74, 6) is 0.945. The smallest absolute Gasteiger partial charge is 0.226 e. The van der Waals surface area contributed by atoms with E-state index in [4.69, 9.17) is 5.73 Å².